The smallest absolute Gasteiger partial charge is 0.0555 e. The summed E-state index contributed by atoms with van der Waals surface area (Å²) in [6.07, 6.45) is 13.6. The molecular formula is C19H37N3. The summed E-state index contributed by atoms with van der Waals surface area (Å²) < 4.78 is 0. The standard InChI is InChI=1S/C7H14.C6H8N2.C6H15N/c1-7-5-3-2-4-6-7;1-5-3-8-6(2)4-7-5;1-4-5-6-7(2)3/h7H,2-6H2,1H3;3-4H,1-2H3;4-6H2,1-3H3. The van der Waals surface area contributed by atoms with Crippen LogP contribution < -0.4 is 0 Å². The molecule has 0 radical (unpaired) electrons. The molecule has 0 aromatic carbocycles. The molecule has 0 atom stereocenters. The van der Waals surface area contributed by atoms with Gasteiger partial charge in [-0.25, -0.2) is 0 Å². The zero-order valence-corrected chi connectivity index (χ0v) is 15.7. The van der Waals surface area contributed by atoms with E-state index >= 15 is 0 Å². The summed E-state index contributed by atoms with van der Waals surface area (Å²) in [5.74, 6) is 1.04. The second kappa shape index (κ2) is 13.7. The molecule has 0 spiro atoms. The highest BCUT2D eigenvalue weighted by atomic mass is 15.0. The Balaban J connectivity index is 0.000000302. The van der Waals surface area contributed by atoms with Crippen molar-refractivity contribution in [2.45, 2.75) is 72.6 Å². The number of rotatable bonds is 3. The molecule has 3 heteroatoms. The zero-order valence-electron chi connectivity index (χ0n) is 15.7. The lowest BCUT2D eigenvalue weighted by Crippen LogP contribution is -2.12. The molecule has 0 aliphatic heterocycles. The van der Waals surface area contributed by atoms with Crippen molar-refractivity contribution in [3.8, 4) is 0 Å². The lowest BCUT2D eigenvalue weighted by Gasteiger charge is -2.15. The molecule has 0 saturated heterocycles. The summed E-state index contributed by atoms with van der Waals surface area (Å²) in [5, 5.41) is 0. The summed E-state index contributed by atoms with van der Waals surface area (Å²) in [4.78, 5) is 10.2. The Morgan fingerprint density at radius 1 is 1.00 bits per heavy atom. The molecule has 1 aromatic rings. The molecule has 1 fully saturated rings. The van der Waals surface area contributed by atoms with E-state index in [9.17, 15) is 0 Å². The molecule has 0 bridgehead atoms. The first kappa shape index (κ1) is 21.0. The van der Waals surface area contributed by atoms with E-state index in [0.29, 0.717) is 0 Å². The molecule has 1 aliphatic rings. The van der Waals surface area contributed by atoms with Gasteiger partial charge in [-0.3, -0.25) is 9.97 Å². The van der Waals surface area contributed by atoms with Crippen molar-refractivity contribution in [3.05, 3.63) is 23.8 Å². The van der Waals surface area contributed by atoms with Crippen molar-refractivity contribution >= 4 is 0 Å². The first-order valence-corrected chi connectivity index (χ1v) is 8.85. The van der Waals surface area contributed by atoms with Gasteiger partial charge >= 0.3 is 0 Å². The molecule has 0 N–H and O–H groups in total. The quantitative estimate of drug-likeness (QED) is 0.784. The van der Waals surface area contributed by atoms with Gasteiger partial charge in [-0.15, -0.1) is 0 Å². The van der Waals surface area contributed by atoms with Crippen LogP contribution in [0.4, 0.5) is 0 Å². The average Bonchev–Trinajstić information content (AvgIpc) is 2.50. The van der Waals surface area contributed by atoms with Gasteiger partial charge in [0.2, 0.25) is 0 Å². The van der Waals surface area contributed by atoms with E-state index in [1.54, 1.807) is 12.4 Å². The third kappa shape index (κ3) is 14.0. The number of aryl methyl sites for hydroxylation is 2. The molecular weight excluding hydrogens is 270 g/mol. The van der Waals surface area contributed by atoms with Crippen LogP contribution in [0, 0.1) is 19.8 Å². The third-order valence-corrected chi connectivity index (χ3v) is 3.76. The van der Waals surface area contributed by atoms with Crippen molar-refractivity contribution < 1.29 is 0 Å². The largest absolute Gasteiger partial charge is 0.309 e. The maximum absolute atomic E-state index is 4.02. The Morgan fingerprint density at radius 2 is 1.50 bits per heavy atom. The van der Waals surface area contributed by atoms with Crippen molar-refractivity contribution in [1.82, 2.24) is 14.9 Å². The van der Waals surface area contributed by atoms with Gasteiger partial charge < -0.3 is 4.90 Å². The second-order valence-corrected chi connectivity index (χ2v) is 6.70. The minimum absolute atomic E-state index is 0.968. The van der Waals surface area contributed by atoms with Gasteiger partial charge in [0.1, 0.15) is 0 Å². The Labute approximate surface area is 138 Å². The van der Waals surface area contributed by atoms with Crippen molar-refractivity contribution in [3.63, 3.8) is 0 Å². The van der Waals surface area contributed by atoms with Crippen LogP contribution in [0.5, 0.6) is 0 Å². The lowest BCUT2D eigenvalue weighted by molar-refractivity contribution is 0.385. The van der Waals surface area contributed by atoms with E-state index in [4.69, 9.17) is 0 Å². The SMILES string of the molecule is CC1CCCCC1.CCCCN(C)C.Cc1cnc(C)cn1. The van der Waals surface area contributed by atoms with Gasteiger partial charge in [0.15, 0.2) is 0 Å². The van der Waals surface area contributed by atoms with Crippen LogP contribution in [-0.2, 0) is 0 Å². The highest BCUT2D eigenvalue weighted by molar-refractivity contribution is 4.97. The minimum atomic E-state index is 0.968. The van der Waals surface area contributed by atoms with E-state index in [0.717, 1.165) is 17.3 Å². The predicted molar refractivity (Wildman–Crippen MR) is 97.2 cm³/mol. The summed E-state index contributed by atoms with van der Waals surface area (Å²) in [6, 6.07) is 0. The third-order valence-electron chi connectivity index (χ3n) is 3.76. The van der Waals surface area contributed by atoms with Gasteiger partial charge in [0.25, 0.3) is 0 Å². The van der Waals surface area contributed by atoms with Gasteiger partial charge in [-0.2, -0.15) is 0 Å². The highest BCUT2D eigenvalue weighted by Gasteiger charge is 2.05. The fraction of sp³-hybridized carbons (Fsp3) is 0.789. The predicted octanol–water partition coefficient (Wildman–Crippen LogP) is 5.03. The summed E-state index contributed by atoms with van der Waals surface area (Å²) in [7, 11) is 4.21. The van der Waals surface area contributed by atoms with Crippen molar-refractivity contribution in [2.24, 2.45) is 5.92 Å². The van der Waals surface area contributed by atoms with Crippen LogP contribution in [0.15, 0.2) is 12.4 Å². The molecule has 0 unspecified atom stereocenters. The Hall–Kier alpha value is -0.960. The summed E-state index contributed by atoms with van der Waals surface area (Å²) in [6.45, 7) is 9.65. The molecule has 1 saturated carbocycles. The molecule has 2 rings (SSSR count). The van der Waals surface area contributed by atoms with E-state index in [1.165, 1.54) is 51.5 Å². The maximum atomic E-state index is 4.02. The fourth-order valence-electron chi connectivity index (χ4n) is 2.24. The number of nitrogens with zero attached hydrogens (tertiary/aromatic N) is 3. The van der Waals surface area contributed by atoms with Crippen LogP contribution in [-0.4, -0.2) is 35.5 Å². The molecule has 22 heavy (non-hydrogen) atoms. The van der Waals surface area contributed by atoms with Crippen LogP contribution in [0.3, 0.4) is 0 Å². The van der Waals surface area contributed by atoms with E-state index in [-0.39, 0.29) is 0 Å². The molecule has 1 aromatic heterocycles. The molecule has 128 valence electrons. The summed E-state index contributed by atoms with van der Waals surface area (Å²) >= 11 is 0. The Morgan fingerprint density at radius 3 is 1.73 bits per heavy atom. The van der Waals surface area contributed by atoms with Crippen molar-refractivity contribution in [2.75, 3.05) is 20.6 Å². The van der Waals surface area contributed by atoms with E-state index in [1.807, 2.05) is 13.8 Å². The molecule has 1 aliphatic carbocycles. The number of hydrogen-bond acceptors (Lipinski definition) is 3. The maximum Gasteiger partial charge on any atom is 0.0555 e. The normalized spacial score (nSPS) is 14.7. The zero-order chi connectivity index (χ0) is 16.8. The van der Waals surface area contributed by atoms with Crippen molar-refractivity contribution in [1.29, 1.82) is 0 Å². The number of hydrogen-bond donors (Lipinski definition) is 0. The number of aromatic nitrogens is 2. The highest BCUT2D eigenvalue weighted by Crippen LogP contribution is 2.22. The van der Waals surface area contributed by atoms with Crippen LogP contribution in [0.1, 0.15) is 70.2 Å². The molecule has 1 heterocycles. The van der Waals surface area contributed by atoms with E-state index < -0.39 is 0 Å². The van der Waals surface area contributed by atoms with E-state index in [2.05, 4.69) is 42.8 Å². The fourth-order valence-corrected chi connectivity index (χ4v) is 2.24. The van der Waals surface area contributed by atoms with Gasteiger partial charge in [-0.05, 0) is 46.8 Å². The first-order chi connectivity index (χ1) is 10.5. The monoisotopic (exact) mass is 307 g/mol. The van der Waals surface area contributed by atoms with Gasteiger partial charge in [0.05, 0.1) is 11.4 Å². The lowest BCUT2D eigenvalue weighted by atomic mass is 9.91. The second-order valence-electron chi connectivity index (χ2n) is 6.70. The topological polar surface area (TPSA) is 29.0 Å². The minimum Gasteiger partial charge on any atom is -0.309 e. The average molecular weight is 308 g/mol. The van der Waals surface area contributed by atoms with Crippen LogP contribution >= 0.6 is 0 Å². The Kier molecular flexibility index (Phi) is 13.1. The van der Waals surface area contributed by atoms with Crippen LogP contribution in [0.2, 0.25) is 0 Å². The summed E-state index contributed by atoms with van der Waals surface area (Å²) in [5.41, 5.74) is 1.94. The van der Waals surface area contributed by atoms with Crippen LogP contribution in [0.25, 0.3) is 0 Å². The van der Waals surface area contributed by atoms with Gasteiger partial charge in [-0.1, -0.05) is 52.4 Å². The number of unbranched alkanes of at least 4 members (excludes halogenated alkanes) is 1. The molecule has 0 amide bonds. The first-order valence-electron chi connectivity index (χ1n) is 8.85. The van der Waals surface area contributed by atoms with Gasteiger partial charge in [0, 0.05) is 12.4 Å². The Bertz CT molecular complexity index is 319. The molecule has 3 nitrogen and oxygen atoms in total.